The maximum atomic E-state index is 9.57. The van der Waals surface area contributed by atoms with Gasteiger partial charge in [0.05, 0.1) is 0 Å². The lowest BCUT2D eigenvalue weighted by atomic mass is 9.71. The van der Waals surface area contributed by atoms with Gasteiger partial charge in [-0.25, -0.2) is 0 Å². The molecule has 152 valence electrons. The highest BCUT2D eigenvalue weighted by Crippen LogP contribution is 2.40. The average molecular weight is 400 g/mol. The lowest BCUT2D eigenvalue weighted by molar-refractivity contribution is 0.473. The Hall–Kier alpha value is -3.92. The summed E-state index contributed by atoms with van der Waals surface area (Å²) in [7, 11) is 0. The predicted octanol–water partition coefficient (Wildman–Crippen LogP) is 5.55. The van der Waals surface area contributed by atoms with Gasteiger partial charge in [0, 0.05) is 5.41 Å². The van der Waals surface area contributed by atoms with Crippen molar-refractivity contribution in [2.24, 2.45) is 0 Å². The van der Waals surface area contributed by atoms with Crippen LogP contribution in [0, 0.1) is 0 Å². The van der Waals surface area contributed by atoms with Crippen LogP contribution in [0.2, 0.25) is 0 Å². The molecule has 0 aromatic heterocycles. The fourth-order valence-electron chi connectivity index (χ4n) is 3.31. The molecular weight excluding hydrogens is 376 g/mol. The van der Waals surface area contributed by atoms with E-state index in [4.69, 9.17) is 5.11 Å². The highest BCUT2D eigenvalue weighted by molar-refractivity contribution is 5.51. The van der Waals surface area contributed by atoms with Gasteiger partial charge in [-0.15, -0.1) is 0 Å². The van der Waals surface area contributed by atoms with E-state index in [-0.39, 0.29) is 17.2 Å². The summed E-state index contributed by atoms with van der Waals surface area (Å²) < 4.78 is 0. The highest BCUT2D eigenvalue weighted by atomic mass is 16.3. The second-order valence-electron chi connectivity index (χ2n) is 7.10. The third kappa shape index (κ3) is 4.73. The lowest BCUT2D eigenvalue weighted by Gasteiger charge is -2.32. The first-order valence-corrected chi connectivity index (χ1v) is 9.52. The summed E-state index contributed by atoms with van der Waals surface area (Å²) in [5, 5.41) is 37.3. The van der Waals surface area contributed by atoms with Crippen LogP contribution in [0.3, 0.4) is 0 Å². The molecule has 0 fully saturated rings. The average Bonchev–Trinajstić information content (AvgIpc) is 2.76. The zero-order valence-electron chi connectivity index (χ0n) is 16.6. The summed E-state index contributed by atoms with van der Waals surface area (Å²) in [6.45, 7) is 2.08. The van der Waals surface area contributed by atoms with Crippen LogP contribution in [0.4, 0.5) is 0 Å². The predicted molar refractivity (Wildman–Crippen MR) is 118 cm³/mol. The van der Waals surface area contributed by atoms with Gasteiger partial charge >= 0.3 is 0 Å². The van der Waals surface area contributed by atoms with Crippen LogP contribution in [0.1, 0.15) is 23.6 Å². The molecule has 0 radical (unpaired) electrons. The number of phenolic OH excluding ortho intramolecular Hbond substituents is 4. The number of phenols is 4. The van der Waals surface area contributed by atoms with E-state index in [0.29, 0.717) is 5.75 Å². The van der Waals surface area contributed by atoms with E-state index in [1.54, 1.807) is 60.7 Å². The fraction of sp³-hybridized carbons (Fsp3) is 0.0769. The van der Waals surface area contributed by atoms with Crippen molar-refractivity contribution in [3.63, 3.8) is 0 Å². The van der Waals surface area contributed by atoms with Gasteiger partial charge < -0.3 is 20.4 Å². The number of para-hydroxylation sites is 1. The van der Waals surface area contributed by atoms with E-state index in [0.717, 1.165) is 16.7 Å². The zero-order valence-corrected chi connectivity index (χ0v) is 16.6. The monoisotopic (exact) mass is 400 g/mol. The zero-order chi connectivity index (χ0) is 21.6. The van der Waals surface area contributed by atoms with Crippen molar-refractivity contribution in [3.8, 4) is 23.0 Å². The van der Waals surface area contributed by atoms with Crippen LogP contribution in [0.15, 0.2) is 103 Å². The SMILES string of the molecule is CC(c1ccc(O)cc1)(c1ccc(O)cc1)c1ccc(O)cc1.Oc1ccccc1. The summed E-state index contributed by atoms with van der Waals surface area (Å²) >= 11 is 0. The van der Waals surface area contributed by atoms with Crippen molar-refractivity contribution in [1.29, 1.82) is 0 Å². The van der Waals surface area contributed by atoms with E-state index in [9.17, 15) is 15.3 Å². The molecule has 0 unspecified atom stereocenters. The molecule has 4 aromatic carbocycles. The molecular formula is C26H24O4. The minimum Gasteiger partial charge on any atom is -0.508 e. The van der Waals surface area contributed by atoms with Gasteiger partial charge in [0.2, 0.25) is 0 Å². The molecule has 0 aliphatic heterocycles. The molecule has 0 spiro atoms. The molecule has 0 aliphatic rings. The van der Waals surface area contributed by atoms with Crippen molar-refractivity contribution >= 4 is 0 Å². The minimum atomic E-state index is -0.477. The Bertz CT molecular complexity index is 944. The maximum absolute atomic E-state index is 9.57. The van der Waals surface area contributed by atoms with E-state index in [1.807, 2.05) is 42.5 Å². The summed E-state index contributed by atoms with van der Waals surface area (Å²) in [6.07, 6.45) is 0. The first-order valence-electron chi connectivity index (χ1n) is 9.52. The quantitative estimate of drug-likeness (QED) is 0.340. The molecule has 30 heavy (non-hydrogen) atoms. The van der Waals surface area contributed by atoms with Crippen LogP contribution in [0.25, 0.3) is 0 Å². The molecule has 0 amide bonds. The normalized spacial score (nSPS) is 10.7. The maximum Gasteiger partial charge on any atom is 0.115 e. The van der Waals surface area contributed by atoms with Crippen LogP contribution < -0.4 is 0 Å². The second-order valence-corrected chi connectivity index (χ2v) is 7.10. The Balaban J connectivity index is 0.000000310. The topological polar surface area (TPSA) is 80.9 Å². The van der Waals surface area contributed by atoms with E-state index >= 15 is 0 Å². The molecule has 4 N–H and O–H groups in total. The Morgan fingerprint density at radius 3 is 0.900 bits per heavy atom. The van der Waals surface area contributed by atoms with Gasteiger partial charge in [0.25, 0.3) is 0 Å². The molecule has 4 aromatic rings. The first kappa shape index (κ1) is 20.8. The van der Waals surface area contributed by atoms with Crippen molar-refractivity contribution in [2.45, 2.75) is 12.3 Å². The van der Waals surface area contributed by atoms with Gasteiger partial charge in [-0.05, 0) is 72.1 Å². The van der Waals surface area contributed by atoms with E-state index < -0.39 is 5.41 Å². The molecule has 0 bridgehead atoms. The Morgan fingerprint density at radius 1 is 0.400 bits per heavy atom. The van der Waals surface area contributed by atoms with Gasteiger partial charge in [0.1, 0.15) is 23.0 Å². The Morgan fingerprint density at radius 2 is 0.667 bits per heavy atom. The largest absolute Gasteiger partial charge is 0.508 e. The first-order chi connectivity index (χ1) is 14.4. The Kier molecular flexibility index (Phi) is 6.28. The van der Waals surface area contributed by atoms with Gasteiger partial charge in [-0.3, -0.25) is 0 Å². The van der Waals surface area contributed by atoms with Crippen LogP contribution >= 0.6 is 0 Å². The summed E-state index contributed by atoms with van der Waals surface area (Å²) in [4.78, 5) is 0. The van der Waals surface area contributed by atoms with Gasteiger partial charge in [-0.2, -0.15) is 0 Å². The van der Waals surface area contributed by atoms with Crippen LogP contribution in [0.5, 0.6) is 23.0 Å². The highest BCUT2D eigenvalue weighted by Gasteiger charge is 2.31. The smallest absolute Gasteiger partial charge is 0.115 e. The molecule has 0 saturated heterocycles. The van der Waals surface area contributed by atoms with Crippen molar-refractivity contribution in [3.05, 3.63) is 120 Å². The summed E-state index contributed by atoms with van der Waals surface area (Å²) in [6, 6.07) is 30.0. The fourth-order valence-corrected chi connectivity index (χ4v) is 3.31. The standard InChI is InChI=1S/C20H18O3.C6H6O/c1-20(14-2-8-17(21)9-3-14,15-4-10-18(22)11-5-15)16-6-12-19(23)13-7-16;7-6-4-2-1-3-5-6/h2-13,21-23H,1H3;1-5,7H. The Labute approximate surface area is 176 Å². The van der Waals surface area contributed by atoms with Crippen LogP contribution in [-0.4, -0.2) is 20.4 Å². The molecule has 0 heterocycles. The molecule has 0 aliphatic carbocycles. The second kappa shape index (κ2) is 9.05. The number of aromatic hydroxyl groups is 4. The number of rotatable bonds is 3. The number of benzene rings is 4. The third-order valence-corrected chi connectivity index (χ3v) is 5.09. The van der Waals surface area contributed by atoms with E-state index in [1.165, 1.54) is 0 Å². The molecule has 4 rings (SSSR count). The van der Waals surface area contributed by atoms with Gasteiger partial charge in [-0.1, -0.05) is 54.6 Å². The summed E-state index contributed by atoms with van der Waals surface area (Å²) in [5.41, 5.74) is 2.54. The van der Waals surface area contributed by atoms with E-state index in [2.05, 4.69) is 6.92 Å². The van der Waals surface area contributed by atoms with Crippen LogP contribution in [-0.2, 0) is 5.41 Å². The minimum absolute atomic E-state index is 0.215. The third-order valence-electron chi connectivity index (χ3n) is 5.09. The molecule has 4 heteroatoms. The van der Waals surface area contributed by atoms with Crippen molar-refractivity contribution in [2.75, 3.05) is 0 Å². The lowest BCUT2D eigenvalue weighted by Crippen LogP contribution is -2.25. The molecule has 0 atom stereocenters. The summed E-state index contributed by atoms with van der Waals surface area (Å²) in [5.74, 6) is 0.968. The van der Waals surface area contributed by atoms with Crippen molar-refractivity contribution < 1.29 is 20.4 Å². The van der Waals surface area contributed by atoms with Crippen molar-refractivity contribution in [1.82, 2.24) is 0 Å². The molecule has 4 nitrogen and oxygen atoms in total. The molecule has 0 saturated carbocycles. The van der Waals surface area contributed by atoms with Gasteiger partial charge in [0.15, 0.2) is 0 Å². The number of hydrogen-bond donors (Lipinski definition) is 4. The number of hydrogen-bond acceptors (Lipinski definition) is 4.